The molecule has 0 saturated heterocycles. The third kappa shape index (κ3) is 3.73. The van der Waals surface area contributed by atoms with Crippen LogP contribution in [-0.2, 0) is 9.53 Å². The van der Waals surface area contributed by atoms with Crippen molar-refractivity contribution in [2.24, 2.45) is 5.92 Å². The van der Waals surface area contributed by atoms with Gasteiger partial charge in [-0.3, -0.25) is 9.59 Å². The third-order valence-electron chi connectivity index (χ3n) is 3.79. The number of carbonyl (C=O) groups is 2. The van der Waals surface area contributed by atoms with Crippen LogP contribution in [0.2, 0.25) is 5.02 Å². The first-order valence-electron chi connectivity index (χ1n) is 6.85. The number of halogens is 2. The summed E-state index contributed by atoms with van der Waals surface area (Å²) in [6.45, 7) is 0. The van der Waals surface area contributed by atoms with Crippen molar-refractivity contribution in [3.05, 3.63) is 34.6 Å². The quantitative estimate of drug-likeness (QED) is 0.873. The van der Waals surface area contributed by atoms with Crippen molar-refractivity contribution in [2.75, 3.05) is 7.11 Å². The average Bonchev–Trinajstić information content (AvgIpc) is 2.50. The van der Waals surface area contributed by atoms with Crippen LogP contribution in [0.1, 0.15) is 36.0 Å². The normalized spacial score (nSPS) is 21.7. The molecule has 1 aromatic carbocycles. The zero-order valence-corrected chi connectivity index (χ0v) is 12.5. The number of carbonyl (C=O) groups excluding carboxylic acids is 2. The van der Waals surface area contributed by atoms with Crippen LogP contribution < -0.4 is 5.32 Å². The molecule has 0 unspecified atom stereocenters. The van der Waals surface area contributed by atoms with E-state index in [9.17, 15) is 14.0 Å². The van der Waals surface area contributed by atoms with Gasteiger partial charge in [0.1, 0.15) is 5.82 Å². The van der Waals surface area contributed by atoms with E-state index in [0.717, 1.165) is 0 Å². The van der Waals surface area contributed by atoms with Gasteiger partial charge < -0.3 is 10.1 Å². The van der Waals surface area contributed by atoms with Gasteiger partial charge in [-0.1, -0.05) is 17.7 Å². The predicted molar refractivity (Wildman–Crippen MR) is 76.6 cm³/mol. The van der Waals surface area contributed by atoms with Gasteiger partial charge in [0.15, 0.2) is 0 Å². The van der Waals surface area contributed by atoms with E-state index in [1.54, 1.807) is 0 Å². The second-order valence-corrected chi connectivity index (χ2v) is 5.52. The minimum Gasteiger partial charge on any atom is -0.469 e. The average molecular weight is 314 g/mol. The smallest absolute Gasteiger partial charge is 0.308 e. The Hall–Kier alpha value is -1.62. The van der Waals surface area contributed by atoms with Crippen LogP contribution in [-0.4, -0.2) is 25.0 Å². The number of benzene rings is 1. The minimum absolute atomic E-state index is 0.0299. The molecule has 2 rings (SSSR count). The number of methoxy groups -OCH3 is 1. The maximum absolute atomic E-state index is 13.3. The Morgan fingerprint density at radius 3 is 2.57 bits per heavy atom. The zero-order chi connectivity index (χ0) is 15.4. The number of nitrogens with one attached hydrogen (secondary N) is 1. The summed E-state index contributed by atoms with van der Waals surface area (Å²) in [7, 11) is 1.38. The number of amides is 1. The van der Waals surface area contributed by atoms with Crippen molar-refractivity contribution in [3.8, 4) is 0 Å². The first-order chi connectivity index (χ1) is 10.0. The van der Waals surface area contributed by atoms with Gasteiger partial charge in [0.25, 0.3) is 5.91 Å². The highest BCUT2D eigenvalue weighted by atomic mass is 35.5. The summed E-state index contributed by atoms with van der Waals surface area (Å²) >= 11 is 5.79. The molecule has 114 valence electrons. The highest BCUT2D eigenvalue weighted by molar-refractivity contribution is 6.34. The number of ether oxygens (including phenoxy) is 1. The summed E-state index contributed by atoms with van der Waals surface area (Å²) in [6.07, 6.45) is 2.74. The van der Waals surface area contributed by atoms with Crippen LogP contribution >= 0.6 is 11.6 Å². The molecular formula is C15H17ClFNO3. The fourth-order valence-corrected chi connectivity index (χ4v) is 2.79. The van der Waals surface area contributed by atoms with Gasteiger partial charge in [0.2, 0.25) is 0 Å². The van der Waals surface area contributed by atoms with Gasteiger partial charge in [0, 0.05) is 6.04 Å². The standard InChI is InChI=1S/C15H17ClFNO3/c1-21-15(20)9-5-7-10(8-6-9)18-14(19)11-3-2-4-12(17)13(11)16/h2-4,9-10H,5-8H2,1H3,(H,18,19). The summed E-state index contributed by atoms with van der Waals surface area (Å²) in [5.74, 6) is -1.30. The highest BCUT2D eigenvalue weighted by Crippen LogP contribution is 2.26. The van der Waals surface area contributed by atoms with E-state index in [0.29, 0.717) is 25.7 Å². The molecule has 1 amide bonds. The van der Waals surface area contributed by atoms with Crippen molar-refractivity contribution in [1.29, 1.82) is 0 Å². The lowest BCUT2D eigenvalue weighted by Crippen LogP contribution is -2.39. The Bertz CT molecular complexity index is 542. The summed E-state index contributed by atoms with van der Waals surface area (Å²) in [4.78, 5) is 23.5. The lowest BCUT2D eigenvalue weighted by atomic mass is 9.86. The van der Waals surface area contributed by atoms with E-state index >= 15 is 0 Å². The molecular weight excluding hydrogens is 297 g/mol. The molecule has 0 spiro atoms. The van der Waals surface area contributed by atoms with Crippen LogP contribution in [0.4, 0.5) is 4.39 Å². The van der Waals surface area contributed by atoms with Crippen molar-refractivity contribution in [1.82, 2.24) is 5.32 Å². The Labute approximate surface area is 127 Å². The molecule has 1 aliphatic carbocycles. The van der Waals surface area contributed by atoms with E-state index in [4.69, 9.17) is 16.3 Å². The molecule has 0 aromatic heterocycles. The third-order valence-corrected chi connectivity index (χ3v) is 4.18. The Balaban J connectivity index is 1.93. The van der Waals surface area contributed by atoms with E-state index in [2.05, 4.69) is 5.32 Å². The molecule has 4 nitrogen and oxygen atoms in total. The first-order valence-corrected chi connectivity index (χ1v) is 7.23. The summed E-state index contributed by atoms with van der Waals surface area (Å²) in [5, 5.41) is 2.67. The van der Waals surface area contributed by atoms with Gasteiger partial charge >= 0.3 is 5.97 Å². The number of esters is 1. The number of rotatable bonds is 3. The van der Waals surface area contributed by atoms with Crippen LogP contribution in [0.25, 0.3) is 0 Å². The highest BCUT2D eigenvalue weighted by Gasteiger charge is 2.28. The van der Waals surface area contributed by atoms with Crippen molar-refractivity contribution in [3.63, 3.8) is 0 Å². The van der Waals surface area contributed by atoms with Crippen LogP contribution in [0.5, 0.6) is 0 Å². The Kier molecular flexibility index (Phi) is 5.17. The van der Waals surface area contributed by atoms with Crippen molar-refractivity contribution < 1.29 is 18.7 Å². The second-order valence-electron chi connectivity index (χ2n) is 5.15. The molecule has 1 fully saturated rings. The molecule has 1 N–H and O–H groups in total. The Morgan fingerprint density at radius 1 is 1.29 bits per heavy atom. The number of hydrogen-bond donors (Lipinski definition) is 1. The maximum atomic E-state index is 13.3. The van der Waals surface area contributed by atoms with Gasteiger partial charge in [0.05, 0.1) is 23.6 Å². The van der Waals surface area contributed by atoms with Gasteiger partial charge in [-0.25, -0.2) is 4.39 Å². The molecule has 1 aromatic rings. The fraction of sp³-hybridized carbons (Fsp3) is 0.467. The molecule has 1 saturated carbocycles. The monoisotopic (exact) mass is 313 g/mol. The van der Waals surface area contributed by atoms with Crippen LogP contribution in [0.3, 0.4) is 0 Å². The summed E-state index contributed by atoms with van der Waals surface area (Å²) < 4.78 is 18.1. The maximum Gasteiger partial charge on any atom is 0.308 e. The molecule has 0 aliphatic heterocycles. The van der Waals surface area contributed by atoms with E-state index in [1.807, 2.05) is 0 Å². The topological polar surface area (TPSA) is 55.4 Å². The van der Waals surface area contributed by atoms with Crippen LogP contribution in [0.15, 0.2) is 18.2 Å². The van der Waals surface area contributed by atoms with E-state index < -0.39 is 5.82 Å². The molecule has 0 atom stereocenters. The molecule has 1 aliphatic rings. The lowest BCUT2D eigenvalue weighted by molar-refractivity contribution is -0.146. The van der Waals surface area contributed by atoms with Gasteiger partial charge in [-0.2, -0.15) is 0 Å². The SMILES string of the molecule is COC(=O)C1CCC(NC(=O)c2cccc(F)c2Cl)CC1. The lowest BCUT2D eigenvalue weighted by Gasteiger charge is -2.27. The van der Waals surface area contributed by atoms with Crippen molar-refractivity contribution >= 4 is 23.5 Å². The zero-order valence-electron chi connectivity index (χ0n) is 11.7. The van der Waals surface area contributed by atoms with E-state index in [1.165, 1.54) is 25.3 Å². The summed E-state index contributed by atoms with van der Waals surface area (Å²) in [6, 6.07) is 4.11. The largest absolute Gasteiger partial charge is 0.469 e. The number of hydrogen-bond acceptors (Lipinski definition) is 3. The molecule has 0 heterocycles. The first kappa shape index (κ1) is 15.8. The van der Waals surface area contributed by atoms with Gasteiger partial charge in [-0.15, -0.1) is 0 Å². The fourth-order valence-electron chi connectivity index (χ4n) is 2.58. The van der Waals surface area contributed by atoms with E-state index in [-0.39, 0.29) is 34.4 Å². The Morgan fingerprint density at radius 2 is 1.95 bits per heavy atom. The molecule has 0 radical (unpaired) electrons. The molecule has 6 heteroatoms. The van der Waals surface area contributed by atoms with Crippen LogP contribution in [0, 0.1) is 11.7 Å². The molecule has 0 bridgehead atoms. The second kappa shape index (κ2) is 6.89. The molecule has 21 heavy (non-hydrogen) atoms. The minimum atomic E-state index is -0.612. The summed E-state index contributed by atoms with van der Waals surface area (Å²) in [5.41, 5.74) is 0.131. The van der Waals surface area contributed by atoms with Gasteiger partial charge in [-0.05, 0) is 37.8 Å². The predicted octanol–water partition coefficient (Wildman–Crippen LogP) is 2.94. The van der Waals surface area contributed by atoms with Crippen molar-refractivity contribution in [2.45, 2.75) is 31.7 Å².